The summed E-state index contributed by atoms with van der Waals surface area (Å²) in [5.41, 5.74) is 7.01. The zero-order valence-corrected chi connectivity index (χ0v) is 16.9. The van der Waals surface area contributed by atoms with Gasteiger partial charge in [0.1, 0.15) is 0 Å². The first-order valence-electron chi connectivity index (χ1n) is 8.17. The minimum atomic E-state index is 0.244. The molecule has 2 aromatic rings. The van der Waals surface area contributed by atoms with E-state index < -0.39 is 0 Å². The van der Waals surface area contributed by atoms with E-state index in [1.807, 2.05) is 12.1 Å². The molecule has 28 heavy (non-hydrogen) atoms. The van der Waals surface area contributed by atoms with Gasteiger partial charge in [-0.15, -0.1) is 0 Å². The number of hydrogen-bond acceptors (Lipinski definition) is 7. The van der Waals surface area contributed by atoms with E-state index in [2.05, 4.69) is 21.1 Å². The van der Waals surface area contributed by atoms with Gasteiger partial charge in [0.05, 0.1) is 40.9 Å². The third-order valence-electron chi connectivity index (χ3n) is 3.57. The summed E-state index contributed by atoms with van der Waals surface area (Å²) in [6, 6.07) is 10.9. The number of methoxy groups -OCH3 is 4. The van der Waals surface area contributed by atoms with Crippen LogP contribution in [-0.4, -0.2) is 46.0 Å². The van der Waals surface area contributed by atoms with E-state index in [0.717, 1.165) is 11.1 Å². The maximum atomic E-state index is 5.25. The fourth-order valence-corrected chi connectivity index (χ4v) is 2.33. The molecule has 2 N–H and O–H groups in total. The van der Waals surface area contributed by atoms with Crippen LogP contribution in [-0.2, 0) is 0 Å². The Kier molecular flexibility index (Phi) is 8.04. The quantitative estimate of drug-likeness (QED) is 0.399. The van der Waals surface area contributed by atoms with Gasteiger partial charge in [-0.25, -0.2) is 0 Å². The summed E-state index contributed by atoms with van der Waals surface area (Å²) < 4.78 is 20.9. The molecule has 9 heteroatoms. The molecule has 0 aliphatic carbocycles. The minimum Gasteiger partial charge on any atom is -0.493 e. The highest BCUT2D eigenvalue weighted by Gasteiger charge is 2.04. The first-order valence-corrected chi connectivity index (χ1v) is 8.58. The van der Waals surface area contributed by atoms with Crippen molar-refractivity contribution in [3.63, 3.8) is 0 Å². The van der Waals surface area contributed by atoms with Gasteiger partial charge in [-0.1, -0.05) is 0 Å². The third kappa shape index (κ3) is 5.85. The first-order chi connectivity index (χ1) is 13.6. The Hall–Kier alpha value is -3.33. The molecule has 0 spiro atoms. The molecule has 0 radical (unpaired) electrons. The highest BCUT2D eigenvalue weighted by Crippen LogP contribution is 2.27. The van der Waals surface area contributed by atoms with E-state index in [-0.39, 0.29) is 5.11 Å². The number of ether oxygens (including phenoxy) is 4. The number of rotatable bonds is 8. The molecule has 0 aliphatic heterocycles. The van der Waals surface area contributed by atoms with Crippen LogP contribution in [0.15, 0.2) is 46.6 Å². The standard InChI is InChI=1S/C19H22N4O4S/c1-24-15-7-5-13(9-17(15)26-3)11-20-22-19(28)23-21-12-14-6-8-16(25-2)18(10-14)27-4/h5-12H,1-4H3,(H2,22,23,28). The van der Waals surface area contributed by atoms with Gasteiger partial charge in [0.25, 0.3) is 0 Å². The van der Waals surface area contributed by atoms with Crippen LogP contribution in [0.1, 0.15) is 11.1 Å². The van der Waals surface area contributed by atoms with Crippen LogP contribution in [0, 0.1) is 0 Å². The number of hydrogen-bond donors (Lipinski definition) is 2. The van der Waals surface area contributed by atoms with E-state index in [0.29, 0.717) is 23.0 Å². The molecule has 0 aliphatic rings. The number of hydrazone groups is 2. The predicted octanol–water partition coefficient (Wildman–Crippen LogP) is 2.55. The Bertz CT molecular complexity index is 802. The Morgan fingerprint density at radius 2 is 1.11 bits per heavy atom. The van der Waals surface area contributed by atoms with E-state index in [4.69, 9.17) is 31.2 Å². The average molecular weight is 402 g/mol. The van der Waals surface area contributed by atoms with Crippen molar-refractivity contribution >= 4 is 29.8 Å². The highest BCUT2D eigenvalue weighted by molar-refractivity contribution is 7.80. The first kappa shape index (κ1) is 21.0. The lowest BCUT2D eigenvalue weighted by atomic mass is 10.2. The summed E-state index contributed by atoms with van der Waals surface area (Å²) in [6.45, 7) is 0. The summed E-state index contributed by atoms with van der Waals surface area (Å²) in [5.74, 6) is 2.53. The Morgan fingerprint density at radius 3 is 1.46 bits per heavy atom. The van der Waals surface area contributed by atoms with Crippen LogP contribution in [0.5, 0.6) is 23.0 Å². The average Bonchev–Trinajstić information content (AvgIpc) is 2.73. The maximum absolute atomic E-state index is 5.25. The summed E-state index contributed by atoms with van der Waals surface area (Å²) >= 11 is 5.12. The molecule has 0 atom stereocenters. The van der Waals surface area contributed by atoms with Crippen molar-refractivity contribution < 1.29 is 18.9 Å². The molecule has 0 saturated heterocycles. The summed E-state index contributed by atoms with van der Waals surface area (Å²) in [5, 5.41) is 8.37. The molecule has 8 nitrogen and oxygen atoms in total. The summed E-state index contributed by atoms with van der Waals surface area (Å²) in [4.78, 5) is 0. The van der Waals surface area contributed by atoms with E-state index in [9.17, 15) is 0 Å². The fourth-order valence-electron chi connectivity index (χ4n) is 2.22. The molecule has 0 unspecified atom stereocenters. The van der Waals surface area contributed by atoms with Crippen LogP contribution in [0.2, 0.25) is 0 Å². The third-order valence-corrected chi connectivity index (χ3v) is 3.76. The number of benzene rings is 2. The molecule has 0 aromatic heterocycles. The van der Waals surface area contributed by atoms with Crippen molar-refractivity contribution in [1.29, 1.82) is 0 Å². The van der Waals surface area contributed by atoms with Crippen LogP contribution in [0.4, 0.5) is 0 Å². The molecule has 2 rings (SSSR count). The monoisotopic (exact) mass is 402 g/mol. The molecule has 0 saturated carbocycles. The molecule has 0 amide bonds. The normalized spacial score (nSPS) is 10.7. The predicted molar refractivity (Wildman–Crippen MR) is 113 cm³/mol. The molecule has 0 bridgehead atoms. The van der Waals surface area contributed by atoms with Gasteiger partial charge >= 0.3 is 0 Å². The van der Waals surface area contributed by atoms with Gasteiger partial charge in [0, 0.05) is 0 Å². The number of nitrogens with zero attached hydrogens (tertiary/aromatic N) is 2. The van der Waals surface area contributed by atoms with Gasteiger partial charge in [0.15, 0.2) is 23.0 Å². The summed E-state index contributed by atoms with van der Waals surface area (Å²) in [6.07, 6.45) is 3.21. The largest absolute Gasteiger partial charge is 0.493 e. The fraction of sp³-hybridized carbons (Fsp3) is 0.211. The second-order valence-electron chi connectivity index (χ2n) is 5.30. The molecular weight excluding hydrogens is 380 g/mol. The lowest BCUT2D eigenvalue weighted by Gasteiger charge is -2.08. The van der Waals surface area contributed by atoms with Crippen molar-refractivity contribution in [2.45, 2.75) is 0 Å². The summed E-state index contributed by atoms with van der Waals surface area (Å²) in [7, 11) is 6.32. The van der Waals surface area contributed by atoms with Crippen molar-refractivity contribution in [1.82, 2.24) is 10.9 Å². The van der Waals surface area contributed by atoms with E-state index in [1.165, 1.54) is 0 Å². The van der Waals surface area contributed by atoms with Crippen LogP contribution in [0.3, 0.4) is 0 Å². The Morgan fingerprint density at radius 1 is 0.714 bits per heavy atom. The molecule has 2 aromatic carbocycles. The zero-order chi connectivity index (χ0) is 20.4. The second kappa shape index (κ2) is 10.7. The van der Waals surface area contributed by atoms with Gasteiger partial charge in [-0.05, 0) is 59.7 Å². The lowest BCUT2D eigenvalue weighted by molar-refractivity contribution is 0.355. The van der Waals surface area contributed by atoms with Gasteiger partial charge in [0.2, 0.25) is 5.11 Å². The van der Waals surface area contributed by atoms with Crippen molar-refractivity contribution in [3.8, 4) is 23.0 Å². The molecule has 0 fully saturated rings. The molecule has 0 heterocycles. The van der Waals surface area contributed by atoms with Gasteiger partial charge < -0.3 is 18.9 Å². The van der Waals surface area contributed by atoms with E-state index >= 15 is 0 Å². The van der Waals surface area contributed by atoms with E-state index in [1.54, 1.807) is 65.1 Å². The van der Waals surface area contributed by atoms with Crippen LogP contribution >= 0.6 is 12.2 Å². The zero-order valence-electron chi connectivity index (χ0n) is 16.1. The molecular formula is C19H22N4O4S. The second-order valence-corrected chi connectivity index (χ2v) is 5.71. The van der Waals surface area contributed by atoms with Crippen molar-refractivity contribution in [3.05, 3.63) is 47.5 Å². The highest BCUT2D eigenvalue weighted by atomic mass is 32.1. The SMILES string of the molecule is COc1ccc(C=NNC(=S)NN=Cc2ccc(OC)c(OC)c2)cc1OC. The van der Waals surface area contributed by atoms with Gasteiger partial charge in [-0.2, -0.15) is 10.2 Å². The Balaban J connectivity index is 1.89. The minimum absolute atomic E-state index is 0.244. The molecule has 148 valence electrons. The lowest BCUT2D eigenvalue weighted by Crippen LogP contribution is -2.28. The smallest absolute Gasteiger partial charge is 0.207 e. The Labute approximate surface area is 169 Å². The maximum Gasteiger partial charge on any atom is 0.207 e. The van der Waals surface area contributed by atoms with Gasteiger partial charge in [-0.3, -0.25) is 10.9 Å². The number of nitrogens with one attached hydrogen (secondary N) is 2. The van der Waals surface area contributed by atoms with Crippen LogP contribution < -0.4 is 29.8 Å². The van der Waals surface area contributed by atoms with Crippen molar-refractivity contribution in [2.24, 2.45) is 10.2 Å². The van der Waals surface area contributed by atoms with Crippen molar-refractivity contribution in [2.75, 3.05) is 28.4 Å². The van der Waals surface area contributed by atoms with Crippen LogP contribution in [0.25, 0.3) is 0 Å². The number of thiocarbonyl (C=S) groups is 1. The topological polar surface area (TPSA) is 85.7 Å².